The molecule has 2 heterocycles. The number of hydrogen-bond acceptors (Lipinski definition) is 6. The van der Waals surface area contributed by atoms with Crippen LogP contribution < -0.4 is 4.74 Å². The van der Waals surface area contributed by atoms with Crippen molar-refractivity contribution < 1.29 is 13.9 Å². The topological polar surface area (TPSA) is 86.3 Å². The molecule has 0 N–H and O–H groups in total. The Labute approximate surface area is 157 Å². The molecule has 3 rings (SSSR count). The fourth-order valence-corrected chi connectivity index (χ4v) is 2.77. The monoisotopic (exact) mass is 369 g/mol. The molecule has 8 nitrogen and oxygen atoms in total. The number of ether oxygens (including phenoxy) is 1. The van der Waals surface area contributed by atoms with E-state index in [-0.39, 0.29) is 5.91 Å². The molecule has 0 atom stereocenters. The molecule has 142 valence electrons. The highest BCUT2D eigenvalue weighted by Crippen LogP contribution is 2.19. The Balaban J connectivity index is 1.54. The van der Waals surface area contributed by atoms with E-state index >= 15 is 0 Å². The molecule has 0 aliphatic heterocycles. The van der Waals surface area contributed by atoms with Crippen LogP contribution in [0, 0.1) is 6.92 Å². The third-order valence-corrected chi connectivity index (χ3v) is 4.25. The summed E-state index contributed by atoms with van der Waals surface area (Å²) in [5, 5.41) is 12.4. The summed E-state index contributed by atoms with van der Waals surface area (Å²) in [7, 11) is 5.23. The Bertz CT molecular complexity index is 914. The molecule has 0 aliphatic rings. The smallest absolute Gasteiger partial charge is 0.265 e. The maximum absolute atomic E-state index is 12.4. The number of amides is 1. The van der Waals surface area contributed by atoms with Crippen LogP contribution in [0.4, 0.5) is 0 Å². The number of nitrogens with zero attached hydrogens (tertiary/aromatic N) is 5. The van der Waals surface area contributed by atoms with Crippen molar-refractivity contribution in [1.82, 2.24) is 24.9 Å². The quantitative estimate of drug-likeness (QED) is 0.635. The summed E-state index contributed by atoms with van der Waals surface area (Å²) in [4.78, 5) is 14.1. The van der Waals surface area contributed by atoms with Gasteiger partial charge in [-0.2, -0.15) is 5.10 Å². The Morgan fingerprint density at radius 3 is 2.63 bits per heavy atom. The van der Waals surface area contributed by atoms with Crippen molar-refractivity contribution >= 4 is 5.91 Å². The summed E-state index contributed by atoms with van der Waals surface area (Å²) in [6.45, 7) is 2.43. The van der Waals surface area contributed by atoms with Crippen LogP contribution in [0.15, 0.2) is 34.7 Å². The molecule has 0 bridgehead atoms. The summed E-state index contributed by atoms with van der Waals surface area (Å²) < 4.78 is 12.5. The van der Waals surface area contributed by atoms with E-state index in [1.807, 2.05) is 44.3 Å². The average molecular weight is 369 g/mol. The lowest BCUT2D eigenvalue weighted by Crippen LogP contribution is -2.26. The van der Waals surface area contributed by atoms with Gasteiger partial charge in [0, 0.05) is 33.5 Å². The zero-order chi connectivity index (χ0) is 19.4. The Morgan fingerprint density at radius 1 is 1.26 bits per heavy atom. The maximum atomic E-state index is 12.4. The van der Waals surface area contributed by atoms with Crippen molar-refractivity contribution in [3.8, 4) is 17.3 Å². The predicted octanol–water partition coefficient (Wildman–Crippen LogP) is 2.38. The molecular weight excluding hydrogens is 346 g/mol. The number of hydrogen-bond donors (Lipinski definition) is 0. The van der Waals surface area contributed by atoms with E-state index in [1.165, 1.54) is 0 Å². The third-order valence-electron chi connectivity index (χ3n) is 4.25. The molecule has 3 aromatic rings. The van der Waals surface area contributed by atoms with Crippen LogP contribution in [0.1, 0.15) is 23.6 Å². The van der Waals surface area contributed by atoms with Crippen LogP contribution in [0.3, 0.4) is 0 Å². The second-order valence-corrected chi connectivity index (χ2v) is 6.39. The first-order chi connectivity index (χ1) is 13.0. The van der Waals surface area contributed by atoms with Crippen molar-refractivity contribution in [2.75, 3.05) is 14.2 Å². The highest BCUT2D eigenvalue weighted by atomic mass is 16.5. The number of aryl methyl sites for hydroxylation is 3. The Hall–Kier alpha value is -3.16. The number of carbonyl (C=O) groups excluding carboxylic acids is 1. The van der Waals surface area contributed by atoms with E-state index in [1.54, 1.807) is 23.7 Å². The van der Waals surface area contributed by atoms with Gasteiger partial charge in [0.25, 0.3) is 5.89 Å². The largest absolute Gasteiger partial charge is 0.497 e. The van der Waals surface area contributed by atoms with Crippen molar-refractivity contribution in [1.29, 1.82) is 0 Å². The average Bonchev–Trinajstić information content (AvgIpc) is 3.26. The van der Waals surface area contributed by atoms with Gasteiger partial charge in [0.2, 0.25) is 11.8 Å². The number of aromatic nitrogens is 4. The van der Waals surface area contributed by atoms with E-state index in [0.717, 1.165) is 22.7 Å². The van der Waals surface area contributed by atoms with Gasteiger partial charge in [-0.15, -0.1) is 10.2 Å². The zero-order valence-electron chi connectivity index (χ0n) is 16.0. The van der Waals surface area contributed by atoms with Gasteiger partial charge >= 0.3 is 0 Å². The van der Waals surface area contributed by atoms with E-state index in [2.05, 4.69) is 15.3 Å². The molecule has 0 unspecified atom stereocenters. The predicted molar refractivity (Wildman–Crippen MR) is 99.0 cm³/mol. The fourth-order valence-electron chi connectivity index (χ4n) is 2.77. The van der Waals surface area contributed by atoms with Gasteiger partial charge in [-0.1, -0.05) is 12.1 Å². The van der Waals surface area contributed by atoms with Crippen LogP contribution in [0.2, 0.25) is 0 Å². The molecule has 1 aromatic carbocycles. The van der Waals surface area contributed by atoms with Crippen molar-refractivity contribution in [3.63, 3.8) is 0 Å². The third kappa shape index (κ3) is 4.52. The van der Waals surface area contributed by atoms with Gasteiger partial charge < -0.3 is 14.1 Å². The minimum atomic E-state index is 0.0157. The van der Waals surface area contributed by atoms with Crippen molar-refractivity contribution in [2.45, 2.75) is 26.3 Å². The highest BCUT2D eigenvalue weighted by molar-refractivity contribution is 5.76. The minimum absolute atomic E-state index is 0.0157. The Kier molecular flexibility index (Phi) is 5.54. The molecule has 0 saturated heterocycles. The fraction of sp³-hybridized carbons (Fsp3) is 0.368. The number of carbonyl (C=O) groups is 1. The molecule has 0 spiro atoms. The van der Waals surface area contributed by atoms with Gasteiger partial charge in [0.1, 0.15) is 11.4 Å². The van der Waals surface area contributed by atoms with Crippen LogP contribution in [-0.2, 0) is 24.8 Å². The second kappa shape index (κ2) is 8.03. The first-order valence-electron chi connectivity index (χ1n) is 8.66. The van der Waals surface area contributed by atoms with Gasteiger partial charge in [-0.3, -0.25) is 9.48 Å². The van der Waals surface area contributed by atoms with Gasteiger partial charge in [-0.05, 0) is 30.7 Å². The highest BCUT2D eigenvalue weighted by Gasteiger charge is 2.15. The molecule has 27 heavy (non-hydrogen) atoms. The molecule has 0 radical (unpaired) electrons. The first-order valence-corrected chi connectivity index (χ1v) is 8.66. The van der Waals surface area contributed by atoms with Crippen LogP contribution in [0.25, 0.3) is 11.6 Å². The van der Waals surface area contributed by atoms with Gasteiger partial charge in [0.05, 0.1) is 12.8 Å². The van der Waals surface area contributed by atoms with Crippen LogP contribution in [-0.4, -0.2) is 44.9 Å². The lowest BCUT2D eigenvalue weighted by Gasteiger charge is -2.17. The molecule has 1 amide bonds. The maximum Gasteiger partial charge on any atom is 0.265 e. The molecule has 2 aromatic heterocycles. The van der Waals surface area contributed by atoms with E-state index in [0.29, 0.717) is 31.2 Å². The van der Waals surface area contributed by atoms with Gasteiger partial charge in [-0.25, -0.2) is 0 Å². The minimum Gasteiger partial charge on any atom is -0.497 e. The lowest BCUT2D eigenvalue weighted by atomic mass is 10.2. The Morgan fingerprint density at radius 2 is 2.00 bits per heavy atom. The standard InChI is InChI=1S/C19H23N5O3/c1-13-11-16(24(3)22-13)19-21-20-17(27-19)9-10-18(25)23(2)12-14-5-7-15(26-4)8-6-14/h5-8,11H,9-10,12H2,1-4H3. The second-order valence-electron chi connectivity index (χ2n) is 6.39. The molecule has 8 heteroatoms. The molecule has 0 fully saturated rings. The summed E-state index contributed by atoms with van der Waals surface area (Å²) in [6.07, 6.45) is 0.703. The summed E-state index contributed by atoms with van der Waals surface area (Å²) in [6, 6.07) is 9.54. The SMILES string of the molecule is COc1ccc(CN(C)C(=O)CCc2nnc(-c3cc(C)nn3C)o2)cc1. The number of benzene rings is 1. The number of methoxy groups -OCH3 is 1. The summed E-state index contributed by atoms with van der Waals surface area (Å²) in [5.41, 5.74) is 2.68. The molecule has 0 saturated carbocycles. The summed E-state index contributed by atoms with van der Waals surface area (Å²) >= 11 is 0. The van der Waals surface area contributed by atoms with Crippen LogP contribution >= 0.6 is 0 Å². The van der Waals surface area contributed by atoms with E-state index in [9.17, 15) is 4.79 Å². The summed E-state index contributed by atoms with van der Waals surface area (Å²) in [5.74, 6) is 1.66. The van der Waals surface area contributed by atoms with Crippen molar-refractivity contribution in [3.05, 3.63) is 47.5 Å². The van der Waals surface area contributed by atoms with E-state index < -0.39 is 0 Å². The lowest BCUT2D eigenvalue weighted by molar-refractivity contribution is -0.130. The zero-order valence-corrected chi connectivity index (χ0v) is 16.0. The molecule has 0 aliphatic carbocycles. The van der Waals surface area contributed by atoms with Crippen LogP contribution in [0.5, 0.6) is 5.75 Å². The van der Waals surface area contributed by atoms with Gasteiger partial charge in [0.15, 0.2) is 0 Å². The first kappa shape index (κ1) is 18.6. The normalized spacial score (nSPS) is 10.8. The molecular formula is C19H23N5O3. The number of rotatable bonds is 7. The van der Waals surface area contributed by atoms with E-state index in [4.69, 9.17) is 9.15 Å². The van der Waals surface area contributed by atoms with Crippen molar-refractivity contribution in [2.24, 2.45) is 7.05 Å².